The lowest BCUT2D eigenvalue weighted by Crippen LogP contribution is -2.52. The Kier molecular flexibility index (Phi) is 3.50. The number of carbonyl (C=O) groups is 1. The third-order valence-corrected chi connectivity index (χ3v) is 4.70. The van der Waals surface area contributed by atoms with Crippen molar-refractivity contribution in [3.05, 3.63) is 35.6 Å². The summed E-state index contributed by atoms with van der Waals surface area (Å²) in [6.45, 7) is 0.782. The summed E-state index contributed by atoms with van der Waals surface area (Å²) in [5.74, 6) is -0.0987. The molecule has 0 heterocycles. The summed E-state index contributed by atoms with van der Waals surface area (Å²) in [6.07, 6.45) is 4.88. The van der Waals surface area contributed by atoms with E-state index in [1.165, 1.54) is 6.07 Å². The fourth-order valence-electron chi connectivity index (χ4n) is 2.98. The van der Waals surface area contributed by atoms with Gasteiger partial charge in [0.15, 0.2) is 0 Å². The fourth-order valence-corrected chi connectivity index (χ4v) is 2.98. The van der Waals surface area contributed by atoms with Gasteiger partial charge in [0.2, 0.25) is 5.91 Å². The maximum absolute atomic E-state index is 13.8. The lowest BCUT2D eigenvalue weighted by Gasteiger charge is -2.43. The van der Waals surface area contributed by atoms with Crippen LogP contribution in [0.5, 0.6) is 0 Å². The van der Waals surface area contributed by atoms with Crippen LogP contribution >= 0.6 is 0 Å². The van der Waals surface area contributed by atoms with Crippen LogP contribution < -0.4 is 5.73 Å². The predicted molar refractivity (Wildman–Crippen MR) is 75.3 cm³/mol. The highest BCUT2D eigenvalue weighted by molar-refractivity contribution is 5.84. The van der Waals surface area contributed by atoms with Crippen LogP contribution in [0.4, 0.5) is 4.39 Å². The number of halogens is 1. The average molecular weight is 276 g/mol. The van der Waals surface area contributed by atoms with Crippen molar-refractivity contribution in [3.8, 4) is 0 Å². The Morgan fingerprint density at radius 1 is 1.35 bits per heavy atom. The van der Waals surface area contributed by atoms with E-state index >= 15 is 0 Å². The van der Waals surface area contributed by atoms with Crippen LogP contribution in [0.1, 0.15) is 37.7 Å². The van der Waals surface area contributed by atoms with E-state index in [1.54, 1.807) is 12.1 Å². The van der Waals surface area contributed by atoms with E-state index in [4.69, 9.17) is 5.73 Å². The number of amides is 1. The predicted octanol–water partition coefficient (Wildman–Crippen LogP) is 2.45. The van der Waals surface area contributed by atoms with Gasteiger partial charge in [-0.1, -0.05) is 24.6 Å². The molecule has 2 saturated carbocycles. The summed E-state index contributed by atoms with van der Waals surface area (Å²) in [4.78, 5) is 14.7. The molecule has 2 fully saturated rings. The summed E-state index contributed by atoms with van der Waals surface area (Å²) in [7, 11) is 0. The van der Waals surface area contributed by atoms with E-state index in [0.717, 1.165) is 32.1 Å². The van der Waals surface area contributed by atoms with Gasteiger partial charge in [0.1, 0.15) is 5.82 Å². The lowest BCUT2D eigenvalue weighted by molar-refractivity contribution is -0.148. The van der Waals surface area contributed by atoms with Crippen molar-refractivity contribution in [1.82, 2.24) is 4.90 Å². The Morgan fingerprint density at radius 3 is 2.55 bits per heavy atom. The second-order valence-electron chi connectivity index (χ2n) is 6.09. The molecule has 2 aliphatic rings. The first kappa shape index (κ1) is 13.6. The van der Waals surface area contributed by atoms with Crippen LogP contribution in [0.15, 0.2) is 24.3 Å². The number of nitrogens with zero attached hydrogens (tertiary/aromatic N) is 1. The van der Waals surface area contributed by atoms with Gasteiger partial charge < -0.3 is 10.6 Å². The van der Waals surface area contributed by atoms with Gasteiger partial charge in [0.05, 0.1) is 5.41 Å². The first-order valence-corrected chi connectivity index (χ1v) is 7.41. The molecule has 2 N–H and O–H groups in total. The molecular formula is C16H21FN2O. The smallest absolute Gasteiger partial charge is 0.230 e. The van der Waals surface area contributed by atoms with Crippen molar-refractivity contribution in [2.75, 3.05) is 6.54 Å². The van der Waals surface area contributed by atoms with Crippen molar-refractivity contribution in [3.63, 3.8) is 0 Å². The second-order valence-corrected chi connectivity index (χ2v) is 6.09. The SMILES string of the molecule is NCC1(C(=O)N(Cc2ccccc2F)C2CC2)CCC1. The molecule has 0 aromatic heterocycles. The van der Waals surface area contributed by atoms with E-state index in [2.05, 4.69) is 0 Å². The minimum absolute atomic E-state index is 0.136. The Morgan fingerprint density at radius 2 is 2.05 bits per heavy atom. The molecule has 1 aromatic carbocycles. The van der Waals surface area contributed by atoms with Crippen molar-refractivity contribution >= 4 is 5.91 Å². The minimum Gasteiger partial charge on any atom is -0.335 e. The zero-order valence-corrected chi connectivity index (χ0v) is 11.6. The van der Waals surface area contributed by atoms with Crippen LogP contribution in [0, 0.1) is 11.2 Å². The molecule has 1 aromatic rings. The molecule has 2 aliphatic carbocycles. The topological polar surface area (TPSA) is 46.3 Å². The van der Waals surface area contributed by atoms with E-state index < -0.39 is 0 Å². The van der Waals surface area contributed by atoms with Gasteiger partial charge in [-0.25, -0.2) is 4.39 Å². The van der Waals surface area contributed by atoms with E-state index in [9.17, 15) is 9.18 Å². The van der Waals surface area contributed by atoms with Gasteiger partial charge in [-0.3, -0.25) is 4.79 Å². The molecule has 0 unspecified atom stereocenters. The monoisotopic (exact) mass is 276 g/mol. The standard InChI is InChI=1S/C16H21FN2O/c17-14-5-2-1-4-12(14)10-19(13-6-7-13)15(20)16(11-18)8-3-9-16/h1-2,4-5,13H,3,6-11,18H2. The molecule has 4 heteroatoms. The quantitative estimate of drug-likeness (QED) is 0.898. The van der Waals surface area contributed by atoms with Gasteiger partial charge >= 0.3 is 0 Å². The van der Waals surface area contributed by atoms with Gasteiger partial charge in [-0.05, 0) is 31.7 Å². The van der Waals surface area contributed by atoms with Crippen molar-refractivity contribution in [2.24, 2.45) is 11.1 Å². The Hall–Kier alpha value is -1.42. The molecule has 3 rings (SSSR count). The summed E-state index contributed by atoms with van der Waals surface area (Å²) in [5.41, 5.74) is 6.06. The highest BCUT2D eigenvalue weighted by Crippen LogP contribution is 2.44. The van der Waals surface area contributed by atoms with E-state index in [1.807, 2.05) is 11.0 Å². The third kappa shape index (κ3) is 2.33. The van der Waals surface area contributed by atoms with Crippen LogP contribution in [0.25, 0.3) is 0 Å². The molecule has 3 nitrogen and oxygen atoms in total. The van der Waals surface area contributed by atoms with Crippen molar-refractivity contribution in [2.45, 2.75) is 44.7 Å². The van der Waals surface area contributed by atoms with E-state index in [0.29, 0.717) is 18.7 Å². The zero-order chi connectivity index (χ0) is 14.2. The molecular weight excluding hydrogens is 255 g/mol. The molecule has 0 aliphatic heterocycles. The van der Waals surface area contributed by atoms with Gasteiger partial charge in [-0.15, -0.1) is 0 Å². The number of hydrogen-bond acceptors (Lipinski definition) is 2. The highest BCUT2D eigenvalue weighted by atomic mass is 19.1. The Bertz CT molecular complexity index is 503. The largest absolute Gasteiger partial charge is 0.335 e. The summed E-state index contributed by atoms with van der Waals surface area (Å²) in [6, 6.07) is 6.98. The first-order chi connectivity index (χ1) is 9.66. The van der Waals surface area contributed by atoms with Crippen LogP contribution in [-0.4, -0.2) is 23.4 Å². The number of carbonyl (C=O) groups excluding carboxylic acids is 1. The summed E-state index contributed by atoms with van der Waals surface area (Å²) < 4.78 is 13.8. The van der Waals surface area contributed by atoms with Crippen molar-refractivity contribution in [1.29, 1.82) is 0 Å². The molecule has 0 bridgehead atoms. The molecule has 0 radical (unpaired) electrons. The van der Waals surface area contributed by atoms with E-state index in [-0.39, 0.29) is 23.2 Å². The molecule has 0 spiro atoms. The third-order valence-electron chi connectivity index (χ3n) is 4.70. The molecule has 108 valence electrons. The Balaban J connectivity index is 1.79. The summed E-state index contributed by atoms with van der Waals surface area (Å²) in [5, 5.41) is 0. The van der Waals surface area contributed by atoms with Gasteiger partial charge in [-0.2, -0.15) is 0 Å². The molecule has 0 atom stereocenters. The summed E-state index contributed by atoms with van der Waals surface area (Å²) >= 11 is 0. The molecule has 0 saturated heterocycles. The first-order valence-electron chi connectivity index (χ1n) is 7.41. The minimum atomic E-state index is -0.367. The van der Waals surface area contributed by atoms with Gasteiger partial charge in [0.25, 0.3) is 0 Å². The van der Waals surface area contributed by atoms with Crippen molar-refractivity contribution < 1.29 is 9.18 Å². The van der Waals surface area contributed by atoms with Gasteiger partial charge in [0, 0.05) is 24.7 Å². The number of benzene rings is 1. The van der Waals surface area contributed by atoms with Crippen LogP contribution in [0.3, 0.4) is 0 Å². The zero-order valence-electron chi connectivity index (χ0n) is 11.6. The Labute approximate surface area is 118 Å². The van der Waals surface area contributed by atoms with Crippen LogP contribution in [-0.2, 0) is 11.3 Å². The molecule has 20 heavy (non-hydrogen) atoms. The number of rotatable bonds is 5. The fraction of sp³-hybridized carbons (Fsp3) is 0.562. The number of nitrogens with two attached hydrogens (primary N) is 1. The maximum atomic E-state index is 13.8. The molecule has 1 amide bonds. The normalized spacial score (nSPS) is 20.3. The number of hydrogen-bond donors (Lipinski definition) is 1. The van der Waals surface area contributed by atoms with Crippen LogP contribution in [0.2, 0.25) is 0 Å². The second kappa shape index (κ2) is 5.17. The maximum Gasteiger partial charge on any atom is 0.230 e. The average Bonchev–Trinajstić information content (AvgIpc) is 3.21. The highest BCUT2D eigenvalue weighted by Gasteiger charge is 2.48. The lowest BCUT2D eigenvalue weighted by atomic mass is 9.67.